The van der Waals surface area contributed by atoms with Gasteiger partial charge < -0.3 is 5.11 Å². The molecule has 1 nitrogen and oxygen atoms in total. The lowest BCUT2D eigenvalue weighted by Gasteiger charge is -2.29. The van der Waals surface area contributed by atoms with E-state index in [1.165, 1.54) is 6.07 Å². The first-order valence-electron chi connectivity index (χ1n) is 7.34. The Morgan fingerprint density at radius 3 is 2.67 bits per heavy atom. The van der Waals surface area contributed by atoms with Gasteiger partial charge in [-0.15, -0.1) is 0 Å². The molecule has 3 heteroatoms. The molecule has 2 aromatic carbocycles. The molecule has 3 rings (SSSR count). The summed E-state index contributed by atoms with van der Waals surface area (Å²) in [6.07, 6.45) is 3.48. The van der Waals surface area contributed by atoms with E-state index in [9.17, 15) is 13.9 Å². The summed E-state index contributed by atoms with van der Waals surface area (Å²) in [7, 11) is 0. The summed E-state index contributed by atoms with van der Waals surface area (Å²) in [4.78, 5) is 0. The van der Waals surface area contributed by atoms with E-state index in [0.717, 1.165) is 36.5 Å². The molecule has 0 aliphatic heterocycles. The minimum Gasteiger partial charge on any atom is -0.385 e. The zero-order valence-electron chi connectivity index (χ0n) is 11.8. The van der Waals surface area contributed by atoms with Crippen LogP contribution < -0.4 is 0 Å². The number of benzene rings is 2. The van der Waals surface area contributed by atoms with Crippen LogP contribution in [0.3, 0.4) is 0 Å². The average Bonchev–Trinajstić information content (AvgIpc) is 2.64. The van der Waals surface area contributed by atoms with Crippen LogP contribution in [0, 0.1) is 11.6 Å². The first kappa shape index (κ1) is 14.2. The highest BCUT2D eigenvalue weighted by Gasteiger charge is 2.34. The Morgan fingerprint density at radius 1 is 1.00 bits per heavy atom. The molecule has 1 unspecified atom stereocenters. The highest BCUT2D eigenvalue weighted by molar-refractivity contribution is 5.35. The molecule has 0 heterocycles. The maximum absolute atomic E-state index is 13.9. The van der Waals surface area contributed by atoms with Crippen LogP contribution >= 0.6 is 0 Å². The molecule has 110 valence electrons. The van der Waals surface area contributed by atoms with Crippen LogP contribution in [0.2, 0.25) is 0 Å². The molecule has 0 saturated carbocycles. The maximum Gasteiger partial charge on any atom is 0.162 e. The van der Waals surface area contributed by atoms with E-state index in [2.05, 4.69) is 0 Å². The van der Waals surface area contributed by atoms with E-state index in [1.54, 1.807) is 6.07 Å². The topological polar surface area (TPSA) is 20.2 Å². The van der Waals surface area contributed by atoms with Gasteiger partial charge in [-0.25, -0.2) is 8.78 Å². The minimum absolute atomic E-state index is 0.105. The Bertz CT molecular complexity index is 653. The van der Waals surface area contributed by atoms with Crippen LogP contribution in [0.25, 0.3) is 0 Å². The van der Waals surface area contributed by atoms with Crippen LogP contribution in [0.5, 0.6) is 0 Å². The molecule has 0 amide bonds. The Labute approximate surface area is 123 Å². The highest BCUT2D eigenvalue weighted by atomic mass is 19.2. The number of fused-ring (bicyclic) bond motifs is 1. The van der Waals surface area contributed by atoms with E-state index in [-0.39, 0.29) is 12.0 Å². The van der Waals surface area contributed by atoms with Crippen molar-refractivity contribution in [1.82, 2.24) is 0 Å². The van der Waals surface area contributed by atoms with Crippen molar-refractivity contribution in [2.75, 3.05) is 0 Å². The van der Waals surface area contributed by atoms with Crippen molar-refractivity contribution in [2.24, 2.45) is 0 Å². The maximum atomic E-state index is 13.9. The van der Waals surface area contributed by atoms with Crippen molar-refractivity contribution in [3.8, 4) is 0 Å². The van der Waals surface area contributed by atoms with Crippen molar-refractivity contribution in [3.63, 3.8) is 0 Å². The quantitative estimate of drug-likeness (QED) is 0.824. The summed E-state index contributed by atoms with van der Waals surface area (Å²) in [5.74, 6) is -1.72. The van der Waals surface area contributed by atoms with E-state index < -0.39 is 17.2 Å². The monoisotopic (exact) mass is 288 g/mol. The Morgan fingerprint density at radius 2 is 1.81 bits per heavy atom. The Balaban J connectivity index is 2.02. The fraction of sp³-hybridized carbons (Fsp3) is 0.333. The summed E-state index contributed by atoms with van der Waals surface area (Å²) in [5, 5.41) is 11.1. The Kier molecular flexibility index (Phi) is 3.77. The number of aryl methyl sites for hydroxylation is 1. The van der Waals surface area contributed by atoms with Crippen LogP contribution in [0.4, 0.5) is 8.78 Å². The molecule has 0 aromatic heterocycles. The lowest BCUT2D eigenvalue weighted by molar-refractivity contribution is 0.0262. The number of hydrogen-bond donors (Lipinski definition) is 1. The number of aliphatic hydroxyl groups is 1. The number of halogens is 2. The van der Waals surface area contributed by atoms with Gasteiger partial charge in [0.25, 0.3) is 0 Å². The van der Waals surface area contributed by atoms with Gasteiger partial charge in [-0.2, -0.15) is 0 Å². The molecule has 0 fully saturated rings. The van der Waals surface area contributed by atoms with Gasteiger partial charge in [0.2, 0.25) is 0 Å². The van der Waals surface area contributed by atoms with Gasteiger partial charge in [0.05, 0.1) is 5.60 Å². The van der Waals surface area contributed by atoms with Gasteiger partial charge in [0.15, 0.2) is 11.6 Å². The van der Waals surface area contributed by atoms with Crippen molar-refractivity contribution in [1.29, 1.82) is 0 Å². The number of hydrogen-bond acceptors (Lipinski definition) is 1. The standard InChI is InChI=1S/C18H18F2O/c19-16-10-5-8-14(17(16)20)12-18(21)11-4-3-7-13-6-1-2-9-15(13)18/h1-2,5-6,8-10,21H,3-4,7,11-12H2. The van der Waals surface area contributed by atoms with E-state index in [1.807, 2.05) is 24.3 Å². The first-order valence-corrected chi connectivity index (χ1v) is 7.34. The average molecular weight is 288 g/mol. The van der Waals surface area contributed by atoms with Crippen molar-refractivity contribution in [2.45, 2.75) is 37.7 Å². The molecule has 0 radical (unpaired) electrons. The molecule has 1 aliphatic rings. The normalized spacial score (nSPS) is 21.7. The fourth-order valence-corrected chi connectivity index (χ4v) is 3.24. The molecule has 0 bridgehead atoms. The third-order valence-electron chi connectivity index (χ3n) is 4.32. The molecular formula is C18H18F2O. The summed E-state index contributed by atoms with van der Waals surface area (Å²) in [6.45, 7) is 0. The van der Waals surface area contributed by atoms with Gasteiger partial charge in [0.1, 0.15) is 0 Å². The van der Waals surface area contributed by atoms with Crippen molar-refractivity contribution >= 4 is 0 Å². The lowest BCUT2D eigenvalue weighted by Crippen LogP contribution is -2.29. The molecule has 21 heavy (non-hydrogen) atoms. The second-order valence-electron chi connectivity index (χ2n) is 5.79. The van der Waals surface area contributed by atoms with Crippen LogP contribution in [0.15, 0.2) is 42.5 Å². The van der Waals surface area contributed by atoms with Gasteiger partial charge in [-0.1, -0.05) is 36.4 Å². The Hall–Kier alpha value is -1.74. The predicted molar refractivity (Wildman–Crippen MR) is 78.0 cm³/mol. The summed E-state index contributed by atoms with van der Waals surface area (Å²) < 4.78 is 27.3. The van der Waals surface area contributed by atoms with Gasteiger partial charge in [-0.3, -0.25) is 0 Å². The summed E-state index contributed by atoms with van der Waals surface area (Å²) in [5.41, 5.74) is 1.07. The third kappa shape index (κ3) is 2.70. The lowest BCUT2D eigenvalue weighted by atomic mass is 9.82. The van der Waals surface area contributed by atoms with Gasteiger partial charge in [-0.05, 0) is 48.4 Å². The van der Waals surface area contributed by atoms with E-state index in [0.29, 0.717) is 6.42 Å². The second kappa shape index (κ2) is 5.57. The van der Waals surface area contributed by atoms with E-state index in [4.69, 9.17) is 0 Å². The first-order chi connectivity index (χ1) is 10.1. The van der Waals surface area contributed by atoms with Gasteiger partial charge >= 0.3 is 0 Å². The summed E-state index contributed by atoms with van der Waals surface area (Å²) in [6, 6.07) is 11.9. The molecule has 1 atom stereocenters. The SMILES string of the molecule is OC1(Cc2cccc(F)c2F)CCCCc2ccccc21. The summed E-state index contributed by atoms with van der Waals surface area (Å²) >= 11 is 0. The zero-order chi connectivity index (χ0) is 14.9. The minimum atomic E-state index is -1.12. The molecule has 0 spiro atoms. The van der Waals surface area contributed by atoms with Gasteiger partial charge in [0, 0.05) is 6.42 Å². The van der Waals surface area contributed by atoms with Crippen LogP contribution in [-0.4, -0.2) is 5.11 Å². The largest absolute Gasteiger partial charge is 0.385 e. The molecular weight excluding hydrogens is 270 g/mol. The third-order valence-corrected chi connectivity index (χ3v) is 4.32. The second-order valence-corrected chi connectivity index (χ2v) is 5.79. The predicted octanol–water partition coefficient (Wildman–Crippen LogP) is 4.12. The molecule has 1 N–H and O–H groups in total. The molecule has 1 aliphatic carbocycles. The van der Waals surface area contributed by atoms with Crippen molar-refractivity contribution < 1.29 is 13.9 Å². The number of rotatable bonds is 2. The van der Waals surface area contributed by atoms with Crippen LogP contribution in [-0.2, 0) is 18.4 Å². The highest BCUT2D eigenvalue weighted by Crippen LogP contribution is 2.37. The molecule has 0 saturated heterocycles. The van der Waals surface area contributed by atoms with Crippen LogP contribution in [0.1, 0.15) is 36.0 Å². The smallest absolute Gasteiger partial charge is 0.162 e. The van der Waals surface area contributed by atoms with E-state index >= 15 is 0 Å². The fourth-order valence-electron chi connectivity index (χ4n) is 3.24. The molecule has 2 aromatic rings. The zero-order valence-corrected chi connectivity index (χ0v) is 11.8. The van der Waals surface area contributed by atoms with Crippen molar-refractivity contribution in [3.05, 3.63) is 70.8 Å².